The van der Waals surface area contributed by atoms with Crippen LogP contribution in [0.3, 0.4) is 0 Å². The number of hydrogen-bond donors (Lipinski definition) is 2. The minimum absolute atomic E-state index is 0.0849. The van der Waals surface area contributed by atoms with Crippen LogP contribution in [0.15, 0.2) is 24.3 Å². The van der Waals surface area contributed by atoms with Crippen LogP contribution >= 0.6 is 12.2 Å². The first kappa shape index (κ1) is 15.9. The van der Waals surface area contributed by atoms with Crippen molar-refractivity contribution in [2.75, 3.05) is 0 Å². The highest BCUT2D eigenvalue weighted by Crippen LogP contribution is 2.07. The van der Waals surface area contributed by atoms with Gasteiger partial charge in [0.1, 0.15) is 6.54 Å². The average Bonchev–Trinajstić information content (AvgIpc) is 2.73. The summed E-state index contributed by atoms with van der Waals surface area (Å²) in [4.78, 5) is 23.1. The molecule has 0 aliphatic heterocycles. The topological polar surface area (TPSA) is 94.9 Å². The maximum atomic E-state index is 12.2. The molecule has 3 N–H and O–H groups in total. The van der Waals surface area contributed by atoms with Crippen molar-refractivity contribution < 1.29 is 9.59 Å². The molecule has 1 heterocycles. The number of amides is 2. The summed E-state index contributed by atoms with van der Waals surface area (Å²) in [6, 6.07) is 7.32. The molecular weight excluding hydrogens is 302 g/mol. The number of carbonyl (C=O) groups excluding carboxylic acids is 2. The highest BCUT2D eigenvalue weighted by molar-refractivity contribution is 7.71. The number of aryl methyl sites for hydroxylation is 1. The molecule has 8 heteroatoms. The molecule has 0 unspecified atom stereocenters. The molecule has 1 aromatic carbocycles. The van der Waals surface area contributed by atoms with E-state index in [1.807, 2.05) is 25.1 Å². The molecular formula is C14H17N5O2S. The van der Waals surface area contributed by atoms with Crippen molar-refractivity contribution in [3.63, 3.8) is 0 Å². The smallest absolute Gasteiger partial charge is 0.251 e. The van der Waals surface area contributed by atoms with Crippen molar-refractivity contribution in [1.29, 1.82) is 0 Å². The van der Waals surface area contributed by atoms with E-state index in [4.69, 9.17) is 18.0 Å². The fourth-order valence-corrected chi connectivity index (χ4v) is 2.23. The van der Waals surface area contributed by atoms with E-state index in [0.29, 0.717) is 16.2 Å². The number of nitrogens with zero attached hydrogens (tertiary/aromatic N) is 3. The third-order valence-corrected chi connectivity index (χ3v) is 3.72. The third-order valence-electron chi connectivity index (χ3n) is 3.23. The molecule has 2 rings (SSSR count). The molecule has 0 fully saturated rings. The van der Waals surface area contributed by atoms with Gasteiger partial charge in [0.25, 0.3) is 5.91 Å². The van der Waals surface area contributed by atoms with Crippen molar-refractivity contribution in [2.24, 2.45) is 12.8 Å². The fourth-order valence-electron chi connectivity index (χ4n) is 2.02. The lowest BCUT2D eigenvalue weighted by molar-refractivity contribution is -0.118. The second-order valence-electron chi connectivity index (χ2n) is 4.88. The van der Waals surface area contributed by atoms with Gasteiger partial charge in [0.05, 0.1) is 6.54 Å². The molecule has 116 valence electrons. The van der Waals surface area contributed by atoms with Crippen molar-refractivity contribution in [2.45, 2.75) is 20.0 Å². The lowest BCUT2D eigenvalue weighted by Gasteiger charge is -2.06. The van der Waals surface area contributed by atoms with Gasteiger partial charge in [-0.1, -0.05) is 18.2 Å². The van der Waals surface area contributed by atoms with Crippen LogP contribution in [-0.2, 0) is 24.9 Å². The number of aromatic nitrogens is 3. The first-order chi connectivity index (χ1) is 10.4. The summed E-state index contributed by atoms with van der Waals surface area (Å²) in [6.45, 7) is 2.00. The minimum atomic E-state index is -0.523. The lowest BCUT2D eigenvalue weighted by atomic mass is 10.1. The maximum Gasteiger partial charge on any atom is 0.251 e. The first-order valence-electron chi connectivity index (χ1n) is 6.65. The van der Waals surface area contributed by atoms with Gasteiger partial charge in [0.15, 0.2) is 10.6 Å². The SMILES string of the molecule is Cc1ccccc1C(=O)NCc1nn(CC(N)=O)c(=S)n1C. The van der Waals surface area contributed by atoms with Gasteiger partial charge in [-0.15, -0.1) is 0 Å². The Labute approximate surface area is 132 Å². The van der Waals surface area contributed by atoms with Crippen LogP contribution < -0.4 is 11.1 Å². The van der Waals surface area contributed by atoms with Crippen molar-refractivity contribution in [3.05, 3.63) is 46.0 Å². The molecule has 2 amide bonds. The Balaban J connectivity index is 2.12. The molecule has 0 radical (unpaired) electrons. The van der Waals surface area contributed by atoms with Crippen LogP contribution in [0.25, 0.3) is 0 Å². The van der Waals surface area contributed by atoms with E-state index in [2.05, 4.69) is 10.4 Å². The highest BCUT2D eigenvalue weighted by atomic mass is 32.1. The summed E-state index contributed by atoms with van der Waals surface area (Å²) in [7, 11) is 1.72. The summed E-state index contributed by atoms with van der Waals surface area (Å²) in [5.74, 6) is -0.161. The second-order valence-corrected chi connectivity index (χ2v) is 5.24. The normalized spacial score (nSPS) is 10.5. The number of carbonyl (C=O) groups is 2. The Hall–Kier alpha value is -2.48. The molecule has 0 aliphatic rings. The quantitative estimate of drug-likeness (QED) is 0.792. The maximum absolute atomic E-state index is 12.2. The Morgan fingerprint density at radius 1 is 1.36 bits per heavy atom. The zero-order valence-corrected chi connectivity index (χ0v) is 13.2. The standard InChI is InChI=1S/C14H17N5O2S/c1-9-5-3-4-6-10(9)13(21)16-7-12-17-19(8-11(15)20)14(22)18(12)2/h3-6H,7-8H2,1-2H3,(H2,15,20)(H,16,21). The van der Waals surface area contributed by atoms with Gasteiger partial charge in [-0.3, -0.25) is 9.59 Å². The summed E-state index contributed by atoms with van der Waals surface area (Å²) in [5.41, 5.74) is 6.65. The van der Waals surface area contributed by atoms with Gasteiger partial charge in [0, 0.05) is 12.6 Å². The molecule has 7 nitrogen and oxygen atoms in total. The number of benzene rings is 1. The molecule has 1 aromatic heterocycles. The lowest BCUT2D eigenvalue weighted by Crippen LogP contribution is -2.25. The van der Waals surface area contributed by atoms with Gasteiger partial charge in [-0.25, -0.2) is 4.68 Å². The molecule has 0 spiro atoms. The molecule has 0 saturated heterocycles. The van der Waals surface area contributed by atoms with E-state index in [0.717, 1.165) is 5.56 Å². The Kier molecular flexibility index (Phi) is 4.71. The van der Waals surface area contributed by atoms with E-state index in [-0.39, 0.29) is 19.0 Å². The predicted octanol–water partition coefficient (Wildman–Crippen LogP) is 0.675. The Bertz CT molecular complexity index is 778. The highest BCUT2D eigenvalue weighted by Gasteiger charge is 2.12. The molecule has 0 atom stereocenters. The molecule has 0 saturated carbocycles. The van der Waals surface area contributed by atoms with Crippen molar-refractivity contribution >= 4 is 24.0 Å². The first-order valence-corrected chi connectivity index (χ1v) is 7.06. The monoisotopic (exact) mass is 319 g/mol. The van der Waals surface area contributed by atoms with E-state index in [9.17, 15) is 9.59 Å². The largest absolute Gasteiger partial charge is 0.368 e. The molecule has 0 bridgehead atoms. The van der Waals surface area contributed by atoms with E-state index >= 15 is 0 Å². The van der Waals surface area contributed by atoms with Crippen LogP contribution in [0, 0.1) is 11.7 Å². The zero-order chi connectivity index (χ0) is 16.3. The molecule has 22 heavy (non-hydrogen) atoms. The van der Waals surface area contributed by atoms with Gasteiger partial charge >= 0.3 is 0 Å². The van der Waals surface area contributed by atoms with Crippen LogP contribution in [0.2, 0.25) is 0 Å². The molecule has 2 aromatic rings. The number of nitrogens with two attached hydrogens (primary N) is 1. The van der Waals surface area contributed by atoms with Crippen molar-refractivity contribution in [3.8, 4) is 0 Å². The summed E-state index contributed by atoms with van der Waals surface area (Å²) in [5, 5.41) is 6.99. The number of primary amides is 1. The Morgan fingerprint density at radius 3 is 2.68 bits per heavy atom. The summed E-state index contributed by atoms with van der Waals surface area (Å²) in [6.07, 6.45) is 0. The minimum Gasteiger partial charge on any atom is -0.368 e. The van der Waals surface area contributed by atoms with E-state index in [1.54, 1.807) is 17.7 Å². The third kappa shape index (κ3) is 3.40. The van der Waals surface area contributed by atoms with E-state index in [1.165, 1.54) is 4.68 Å². The molecule has 0 aliphatic carbocycles. The zero-order valence-electron chi connectivity index (χ0n) is 12.4. The predicted molar refractivity (Wildman–Crippen MR) is 83.6 cm³/mol. The summed E-state index contributed by atoms with van der Waals surface area (Å²) < 4.78 is 3.35. The van der Waals surface area contributed by atoms with Gasteiger partial charge in [0.2, 0.25) is 5.91 Å². The van der Waals surface area contributed by atoms with Crippen LogP contribution in [-0.4, -0.2) is 26.2 Å². The summed E-state index contributed by atoms with van der Waals surface area (Å²) >= 11 is 5.17. The Morgan fingerprint density at radius 2 is 2.05 bits per heavy atom. The van der Waals surface area contributed by atoms with E-state index < -0.39 is 5.91 Å². The number of rotatable bonds is 5. The van der Waals surface area contributed by atoms with Gasteiger partial charge in [-0.05, 0) is 30.8 Å². The van der Waals surface area contributed by atoms with Crippen LogP contribution in [0.4, 0.5) is 0 Å². The van der Waals surface area contributed by atoms with Crippen molar-refractivity contribution in [1.82, 2.24) is 19.7 Å². The number of nitrogens with one attached hydrogen (secondary N) is 1. The second kappa shape index (κ2) is 6.52. The average molecular weight is 319 g/mol. The van der Waals surface area contributed by atoms with Gasteiger partial charge in [-0.2, -0.15) is 5.10 Å². The number of hydrogen-bond acceptors (Lipinski definition) is 4. The fraction of sp³-hybridized carbons (Fsp3) is 0.286. The van der Waals surface area contributed by atoms with Gasteiger partial charge < -0.3 is 15.6 Å². The van der Waals surface area contributed by atoms with Crippen LogP contribution in [0.5, 0.6) is 0 Å². The van der Waals surface area contributed by atoms with Crippen LogP contribution in [0.1, 0.15) is 21.7 Å².